The molecule has 1 fully saturated rings. The van der Waals surface area contributed by atoms with Crippen molar-refractivity contribution in [3.05, 3.63) is 60.4 Å². The van der Waals surface area contributed by atoms with Crippen LogP contribution in [0.2, 0.25) is 0 Å². The number of nitrogens with two attached hydrogens (primary N) is 1. The van der Waals surface area contributed by atoms with Crippen LogP contribution in [0.4, 0.5) is 10.1 Å². The molecule has 0 unspecified atom stereocenters. The van der Waals surface area contributed by atoms with Crippen molar-refractivity contribution in [1.29, 1.82) is 0 Å². The van der Waals surface area contributed by atoms with Gasteiger partial charge in [-0.25, -0.2) is 13.5 Å². The largest absolute Gasteiger partial charge is 0.465 e. The maximum atomic E-state index is 14.6. The monoisotopic (exact) mass is 566 g/mol. The molecule has 4 rings (SSSR count). The molecular weight excluding hydrogens is 534 g/mol. The van der Waals surface area contributed by atoms with Crippen LogP contribution >= 0.6 is 7.75 Å². The van der Waals surface area contributed by atoms with E-state index in [1.165, 1.54) is 29.8 Å². The average Bonchev–Trinajstić information content (AvgIpc) is 3.47. The minimum absolute atomic E-state index is 0.144. The van der Waals surface area contributed by atoms with Crippen molar-refractivity contribution in [3.63, 3.8) is 0 Å². The number of nitrogens with one attached hydrogen (secondary N) is 1. The molecule has 3 aromatic rings. The van der Waals surface area contributed by atoms with Gasteiger partial charge in [-0.2, -0.15) is 10.2 Å². The second-order valence-corrected chi connectivity index (χ2v) is 10.9. The zero-order valence-corrected chi connectivity index (χ0v) is 22.4. The second kappa shape index (κ2) is 12.0. The molecule has 0 spiro atoms. The fourth-order valence-corrected chi connectivity index (χ4v) is 5.72. The topological polar surface area (TPSA) is 167 Å². The number of aliphatic hydroxyl groups is 2. The number of rotatable bonds is 12. The van der Waals surface area contributed by atoms with Crippen molar-refractivity contribution in [3.8, 4) is 5.75 Å². The zero-order valence-electron chi connectivity index (χ0n) is 21.5. The van der Waals surface area contributed by atoms with Gasteiger partial charge in [0.15, 0.2) is 0 Å². The fourth-order valence-electron chi connectivity index (χ4n) is 4.17. The van der Waals surface area contributed by atoms with Crippen molar-refractivity contribution >= 4 is 24.9 Å². The predicted octanol–water partition coefficient (Wildman–Crippen LogP) is 2.55. The van der Waals surface area contributed by atoms with Gasteiger partial charge in [-0.05, 0) is 43.7 Å². The number of anilines is 1. The Morgan fingerprint density at radius 2 is 2.03 bits per heavy atom. The Labute approximate surface area is 224 Å². The third-order valence-electron chi connectivity index (χ3n) is 6.27. The molecule has 0 amide bonds. The van der Waals surface area contributed by atoms with E-state index in [2.05, 4.69) is 10.2 Å². The number of carbonyl (C=O) groups excluding carboxylic acids is 1. The van der Waals surface area contributed by atoms with Crippen molar-refractivity contribution in [2.75, 3.05) is 25.6 Å². The SMILES string of the molecule is CCCOC(=O)[C@H](C)N[P@](=O)(OC[C@@]1(CF)O[C@@H](c2ccc3c(N)ccnn23)[C@H](O)[C@@H]1O)Oc1ccccc1. The quantitative estimate of drug-likeness (QED) is 0.188. The molecule has 1 aliphatic rings. The van der Waals surface area contributed by atoms with Crippen LogP contribution in [0.3, 0.4) is 0 Å². The van der Waals surface area contributed by atoms with Gasteiger partial charge in [-0.1, -0.05) is 25.1 Å². The number of alkyl halides is 1. The molecule has 12 nitrogen and oxygen atoms in total. The maximum absolute atomic E-state index is 14.6. The Bertz CT molecular complexity index is 1330. The molecule has 1 saturated heterocycles. The number of hydrogen-bond donors (Lipinski definition) is 4. The molecule has 3 heterocycles. The van der Waals surface area contributed by atoms with Crippen LogP contribution in [-0.4, -0.2) is 69.5 Å². The minimum atomic E-state index is -4.39. The molecule has 14 heteroatoms. The van der Waals surface area contributed by atoms with Gasteiger partial charge in [0.05, 0.1) is 30.1 Å². The number of benzene rings is 1. The summed E-state index contributed by atoms with van der Waals surface area (Å²) in [5, 5.41) is 28.4. The number of nitrogen functional groups attached to an aromatic ring is 1. The maximum Gasteiger partial charge on any atom is 0.459 e. The number of nitrogens with zero attached hydrogens (tertiary/aromatic N) is 2. The third kappa shape index (κ3) is 6.08. The smallest absolute Gasteiger partial charge is 0.459 e. The van der Waals surface area contributed by atoms with E-state index in [0.29, 0.717) is 23.3 Å². The molecule has 1 aromatic carbocycles. The van der Waals surface area contributed by atoms with E-state index >= 15 is 0 Å². The number of hydrogen-bond acceptors (Lipinski definition) is 10. The lowest BCUT2D eigenvalue weighted by atomic mass is 9.96. The molecule has 1 aliphatic heterocycles. The number of esters is 1. The van der Waals surface area contributed by atoms with Crippen molar-refractivity contribution in [1.82, 2.24) is 14.7 Å². The highest BCUT2D eigenvalue weighted by molar-refractivity contribution is 7.52. The summed E-state index contributed by atoms with van der Waals surface area (Å²) in [7, 11) is -4.39. The average molecular weight is 567 g/mol. The van der Waals surface area contributed by atoms with Crippen LogP contribution < -0.4 is 15.3 Å². The molecule has 0 bridgehead atoms. The number of halogens is 1. The normalized spacial score (nSPS) is 25.3. The van der Waals surface area contributed by atoms with E-state index < -0.39 is 57.0 Å². The van der Waals surface area contributed by atoms with Gasteiger partial charge in [-0.3, -0.25) is 9.32 Å². The lowest BCUT2D eigenvalue weighted by Gasteiger charge is -2.31. The van der Waals surface area contributed by atoms with Crippen LogP contribution in [0.5, 0.6) is 5.75 Å². The number of para-hydroxylation sites is 1. The first-order valence-corrected chi connectivity index (χ1v) is 13.9. The first-order valence-electron chi connectivity index (χ1n) is 12.4. The van der Waals surface area contributed by atoms with Crippen LogP contribution in [0.15, 0.2) is 54.7 Å². The summed E-state index contributed by atoms with van der Waals surface area (Å²) in [6.45, 7) is 1.29. The van der Waals surface area contributed by atoms with Gasteiger partial charge in [0.2, 0.25) is 0 Å². The summed E-state index contributed by atoms with van der Waals surface area (Å²) in [5.74, 6) is -0.553. The van der Waals surface area contributed by atoms with Gasteiger partial charge in [-0.15, -0.1) is 0 Å². The molecule has 0 saturated carbocycles. The Morgan fingerprint density at radius 3 is 2.72 bits per heavy atom. The van der Waals surface area contributed by atoms with Crippen molar-refractivity contribution in [2.45, 2.75) is 50.2 Å². The van der Waals surface area contributed by atoms with E-state index in [-0.39, 0.29) is 12.4 Å². The van der Waals surface area contributed by atoms with Gasteiger partial charge in [0, 0.05) is 6.20 Å². The Kier molecular flexibility index (Phi) is 8.90. The number of aliphatic hydroxyl groups excluding tert-OH is 2. The molecule has 0 aliphatic carbocycles. The second-order valence-electron chi connectivity index (χ2n) is 9.21. The Balaban J connectivity index is 1.57. The highest BCUT2D eigenvalue weighted by Crippen LogP contribution is 2.48. The lowest BCUT2D eigenvalue weighted by Crippen LogP contribution is -2.49. The number of ether oxygens (including phenoxy) is 2. The first-order chi connectivity index (χ1) is 18.6. The highest BCUT2D eigenvalue weighted by Gasteiger charge is 2.57. The van der Waals surface area contributed by atoms with E-state index in [1.54, 1.807) is 36.4 Å². The zero-order chi connectivity index (χ0) is 28.2. The van der Waals surface area contributed by atoms with Crippen molar-refractivity contribution < 1.29 is 42.5 Å². The van der Waals surface area contributed by atoms with Gasteiger partial charge in [0.25, 0.3) is 0 Å². The summed E-state index contributed by atoms with van der Waals surface area (Å²) in [4.78, 5) is 12.3. The minimum Gasteiger partial charge on any atom is -0.465 e. The molecule has 212 valence electrons. The highest BCUT2D eigenvalue weighted by atomic mass is 31.2. The summed E-state index contributed by atoms with van der Waals surface area (Å²) < 4.78 is 51.9. The Morgan fingerprint density at radius 1 is 1.28 bits per heavy atom. The molecule has 6 atom stereocenters. The molecule has 2 aromatic heterocycles. The molecular formula is C25H32FN4O8P. The van der Waals surface area contributed by atoms with Crippen LogP contribution in [0.25, 0.3) is 5.52 Å². The van der Waals surface area contributed by atoms with E-state index in [9.17, 15) is 24.0 Å². The third-order valence-corrected chi connectivity index (χ3v) is 7.89. The van der Waals surface area contributed by atoms with Gasteiger partial charge in [0.1, 0.15) is 42.4 Å². The van der Waals surface area contributed by atoms with Gasteiger partial charge >= 0.3 is 13.7 Å². The van der Waals surface area contributed by atoms with Crippen molar-refractivity contribution in [2.24, 2.45) is 0 Å². The van der Waals surface area contributed by atoms with Crippen LogP contribution in [0, 0.1) is 0 Å². The lowest BCUT2D eigenvalue weighted by molar-refractivity contribution is -0.145. The summed E-state index contributed by atoms with van der Waals surface area (Å²) in [6.07, 6.45) is -2.55. The van der Waals surface area contributed by atoms with Gasteiger partial charge < -0.3 is 29.9 Å². The molecule has 5 N–H and O–H groups in total. The summed E-state index contributed by atoms with van der Waals surface area (Å²) in [6, 6.07) is 11.7. The summed E-state index contributed by atoms with van der Waals surface area (Å²) in [5.41, 5.74) is 5.11. The predicted molar refractivity (Wildman–Crippen MR) is 139 cm³/mol. The van der Waals surface area contributed by atoms with E-state index in [4.69, 9.17) is 24.3 Å². The Hall–Kier alpha value is -3.06. The molecule has 39 heavy (non-hydrogen) atoms. The fraction of sp³-hybridized carbons (Fsp3) is 0.440. The summed E-state index contributed by atoms with van der Waals surface area (Å²) >= 11 is 0. The standard InChI is InChI=1S/C25H32FN4O8P/c1-3-13-35-24(33)16(2)29-39(34,38-17-7-5-4-6-8-17)36-15-25(14-26)23(32)21(31)22(37-25)20-10-9-19-18(27)11-12-28-30(19)20/h4-12,16,21-23,31-32H,3,13-15,27H2,1-2H3,(H,29,34)/t16-,21-,22-,23-,25+,39-/m0/s1. The van der Waals surface area contributed by atoms with Crippen LogP contribution in [-0.2, 0) is 23.4 Å². The van der Waals surface area contributed by atoms with E-state index in [1.807, 2.05) is 6.92 Å². The number of aromatic nitrogens is 2. The number of fused-ring (bicyclic) bond motifs is 1. The molecule has 0 radical (unpaired) electrons. The van der Waals surface area contributed by atoms with Crippen LogP contribution in [0.1, 0.15) is 32.1 Å². The van der Waals surface area contributed by atoms with E-state index in [0.717, 1.165) is 0 Å². The number of carbonyl (C=O) groups is 1. The first kappa shape index (κ1) is 28.9.